The maximum absolute atomic E-state index is 13.2. The SMILES string of the molecule is CCC1(O)CC(N2C(=O)C[C@@](C)(c3cccc(Nc4ccc(F)cc4)c3O)N=C2N)C1. The van der Waals surface area contributed by atoms with Gasteiger partial charge in [-0.15, -0.1) is 0 Å². The second-order valence-electron chi connectivity index (χ2n) is 8.66. The highest BCUT2D eigenvalue weighted by atomic mass is 19.1. The molecule has 2 aromatic rings. The van der Waals surface area contributed by atoms with Gasteiger partial charge in [0.05, 0.1) is 23.2 Å². The summed E-state index contributed by atoms with van der Waals surface area (Å²) in [5.41, 5.74) is 5.91. The number of carbonyl (C=O) groups is 1. The van der Waals surface area contributed by atoms with Crippen molar-refractivity contribution in [3.63, 3.8) is 0 Å². The average molecular weight is 426 g/mol. The molecule has 1 atom stereocenters. The summed E-state index contributed by atoms with van der Waals surface area (Å²) in [4.78, 5) is 19.1. The zero-order valence-corrected chi connectivity index (χ0v) is 17.6. The Morgan fingerprint density at radius 3 is 2.55 bits per heavy atom. The minimum atomic E-state index is -1.03. The zero-order valence-electron chi connectivity index (χ0n) is 17.6. The number of nitrogens with two attached hydrogens (primary N) is 1. The van der Waals surface area contributed by atoms with Crippen LogP contribution in [0, 0.1) is 5.82 Å². The van der Waals surface area contributed by atoms with Crippen LogP contribution in [0.25, 0.3) is 0 Å². The Morgan fingerprint density at radius 2 is 1.94 bits per heavy atom. The van der Waals surface area contributed by atoms with Crippen LogP contribution < -0.4 is 11.1 Å². The van der Waals surface area contributed by atoms with Gasteiger partial charge < -0.3 is 21.3 Å². The van der Waals surface area contributed by atoms with Gasteiger partial charge in [-0.1, -0.05) is 19.1 Å². The quantitative estimate of drug-likeness (QED) is 0.548. The molecule has 8 heteroatoms. The van der Waals surface area contributed by atoms with Crippen LogP contribution in [0.1, 0.15) is 45.1 Å². The Balaban J connectivity index is 1.60. The van der Waals surface area contributed by atoms with Crippen LogP contribution in [0.15, 0.2) is 47.5 Å². The first-order valence-corrected chi connectivity index (χ1v) is 10.4. The number of nitrogens with one attached hydrogen (secondary N) is 1. The highest BCUT2D eigenvalue weighted by Crippen LogP contribution is 2.44. The van der Waals surface area contributed by atoms with Crippen LogP contribution in [0.4, 0.5) is 15.8 Å². The number of aliphatic imine (C=N–C) groups is 1. The number of rotatable bonds is 5. The molecule has 0 bridgehead atoms. The van der Waals surface area contributed by atoms with E-state index in [9.17, 15) is 19.4 Å². The summed E-state index contributed by atoms with van der Waals surface area (Å²) >= 11 is 0. The smallest absolute Gasteiger partial charge is 0.232 e. The number of guanidine groups is 1. The third-order valence-electron chi connectivity index (χ3n) is 6.37. The minimum absolute atomic E-state index is 0.0440. The lowest BCUT2D eigenvalue weighted by molar-refractivity contribution is -0.140. The van der Waals surface area contributed by atoms with Gasteiger partial charge in [0, 0.05) is 17.3 Å². The van der Waals surface area contributed by atoms with Crippen LogP contribution in [-0.4, -0.2) is 38.6 Å². The molecule has 164 valence electrons. The standard InChI is InChI=1S/C23H27FN4O3/c1-3-23(31)11-16(12-23)28-19(29)13-22(2,27-21(28)25)17-5-4-6-18(20(17)30)26-15-9-7-14(24)8-10-15/h4-10,16,26,30-31H,3,11-13H2,1-2H3,(H2,25,27)/t16?,22-,23?/m0/s1. The number of benzene rings is 2. The van der Waals surface area contributed by atoms with E-state index in [1.54, 1.807) is 37.3 Å². The Bertz CT molecular complexity index is 1030. The lowest BCUT2D eigenvalue weighted by Crippen LogP contribution is -2.62. The molecule has 7 nitrogen and oxygen atoms in total. The molecule has 0 aromatic heterocycles. The van der Waals surface area contributed by atoms with Gasteiger partial charge in [-0.05, 0) is 56.5 Å². The van der Waals surface area contributed by atoms with E-state index in [1.807, 2.05) is 6.92 Å². The predicted octanol–water partition coefficient (Wildman–Crippen LogP) is 3.34. The van der Waals surface area contributed by atoms with Gasteiger partial charge in [0.25, 0.3) is 0 Å². The number of nitrogens with zero attached hydrogens (tertiary/aromatic N) is 2. The van der Waals surface area contributed by atoms with Crippen LogP contribution in [0.5, 0.6) is 5.75 Å². The van der Waals surface area contributed by atoms with Crippen molar-refractivity contribution in [1.29, 1.82) is 0 Å². The Hall–Kier alpha value is -3.13. The number of amides is 1. The van der Waals surface area contributed by atoms with Gasteiger partial charge in [0.1, 0.15) is 11.6 Å². The Kier molecular flexibility index (Phi) is 5.13. The fourth-order valence-electron chi connectivity index (χ4n) is 4.46. The lowest BCUT2D eigenvalue weighted by Gasteiger charge is -2.49. The summed E-state index contributed by atoms with van der Waals surface area (Å²) in [5, 5.41) is 24.3. The first-order valence-electron chi connectivity index (χ1n) is 10.4. The van der Waals surface area contributed by atoms with E-state index in [1.165, 1.54) is 17.0 Å². The summed E-state index contributed by atoms with van der Waals surface area (Å²) in [6.07, 6.45) is 1.62. The van der Waals surface area contributed by atoms with Crippen molar-refractivity contribution >= 4 is 23.2 Å². The molecular weight excluding hydrogens is 399 g/mol. The second-order valence-corrected chi connectivity index (χ2v) is 8.66. The van der Waals surface area contributed by atoms with E-state index in [0.29, 0.717) is 36.2 Å². The van der Waals surface area contributed by atoms with Crippen LogP contribution in [0.3, 0.4) is 0 Å². The van der Waals surface area contributed by atoms with Crippen molar-refractivity contribution in [2.75, 3.05) is 5.32 Å². The maximum Gasteiger partial charge on any atom is 0.232 e. The molecule has 0 unspecified atom stereocenters. The van der Waals surface area contributed by atoms with Crippen molar-refractivity contribution in [2.45, 2.75) is 56.7 Å². The van der Waals surface area contributed by atoms with E-state index < -0.39 is 11.1 Å². The zero-order chi connectivity index (χ0) is 22.4. The topological polar surface area (TPSA) is 111 Å². The number of aromatic hydroxyl groups is 1. The van der Waals surface area contributed by atoms with Crippen molar-refractivity contribution in [3.05, 3.63) is 53.8 Å². The monoisotopic (exact) mass is 426 g/mol. The second kappa shape index (κ2) is 7.53. The molecule has 5 N–H and O–H groups in total. The highest BCUT2D eigenvalue weighted by Gasteiger charge is 2.49. The number of carbonyl (C=O) groups excluding carboxylic acids is 1. The number of para-hydroxylation sites is 1. The molecular formula is C23H27FN4O3. The summed E-state index contributed by atoms with van der Waals surface area (Å²) in [5.74, 6) is -0.487. The van der Waals surface area contributed by atoms with Gasteiger partial charge in [-0.25, -0.2) is 9.38 Å². The number of hydrogen-bond donors (Lipinski definition) is 4. The number of hydrogen-bond acceptors (Lipinski definition) is 6. The van der Waals surface area contributed by atoms with Crippen LogP contribution >= 0.6 is 0 Å². The van der Waals surface area contributed by atoms with E-state index in [-0.39, 0.29) is 35.9 Å². The molecule has 1 aliphatic heterocycles. The number of aliphatic hydroxyl groups is 1. The number of anilines is 2. The van der Waals surface area contributed by atoms with Crippen LogP contribution in [0.2, 0.25) is 0 Å². The molecule has 0 saturated heterocycles. The third-order valence-corrected chi connectivity index (χ3v) is 6.37. The van der Waals surface area contributed by atoms with Gasteiger partial charge in [0.2, 0.25) is 5.91 Å². The fraction of sp³-hybridized carbons (Fsp3) is 0.391. The van der Waals surface area contributed by atoms with E-state index >= 15 is 0 Å². The third kappa shape index (κ3) is 3.83. The molecule has 0 spiro atoms. The average Bonchev–Trinajstić information content (AvgIpc) is 2.69. The first kappa shape index (κ1) is 21.1. The predicted molar refractivity (Wildman–Crippen MR) is 116 cm³/mol. The molecule has 1 amide bonds. The molecule has 2 aliphatic rings. The van der Waals surface area contributed by atoms with Gasteiger partial charge in [-0.2, -0.15) is 0 Å². The molecule has 1 aliphatic carbocycles. The molecule has 2 aromatic carbocycles. The number of phenols is 1. The Morgan fingerprint density at radius 1 is 1.26 bits per heavy atom. The largest absolute Gasteiger partial charge is 0.505 e. The highest BCUT2D eigenvalue weighted by molar-refractivity contribution is 6.00. The normalized spacial score (nSPS) is 28.1. The van der Waals surface area contributed by atoms with E-state index in [4.69, 9.17) is 5.73 Å². The van der Waals surface area contributed by atoms with E-state index in [0.717, 1.165) is 0 Å². The van der Waals surface area contributed by atoms with E-state index in [2.05, 4.69) is 10.3 Å². The molecule has 1 heterocycles. The number of phenolic OH excluding ortho intramolecular Hbond substituents is 1. The molecule has 31 heavy (non-hydrogen) atoms. The molecule has 0 radical (unpaired) electrons. The lowest BCUT2D eigenvalue weighted by atomic mass is 9.73. The summed E-state index contributed by atoms with van der Waals surface area (Å²) in [6.45, 7) is 3.67. The fourth-order valence-corrected chi connectivity index (χ4v) is 4.46. The Labute approximate surface area is 180 Å². The van der Waals surface area contributed by atoms with Crippen molar-refractivity contribution < 1.29 is 19.4 Å². The van der Waals surface area contributed by atoms with Crippen molar-refractivity contribution in [3.8, 4) is 5.75 Å². The minimum Gasteiger partial charge on any atom is -0.505 e. The van der Waals surface area contributed by atoms with Gasteiger partial charge in [0.15, 0.2) is 5.96 Å². The maximum atomic E-state index is 13.2. The molecule has 1 fully saturated rings. The summed E-state index contributed by atoms with van der Waals surface area (Å²) < 4.78 is 13.2. The molecule has 1 saturated carbocycles. The van der Waals surface area contributed by atoms with Crippen molar-refractivity contribution in [2.24, 2.45) is 10.7 Å². The van der Waals surface area contributed by atoms with Gasteiger partial charge >= 0.3 is 0 Å². The van der Waals surface area contributed by atoms with Crippen LogP contribution in [-0.2, 0) is 10.3 Å². The number of halogens is 1. The molecule has 4 rings (SSSR count). The summed E-state index contributed by atoms with van der Waals surface area (Å²) in [6, 6.07) is 10.8. The van der Waals surface area contributed by atoms with Crippen molar-refractivity contribution in [1.82, 2.24) is 4.90 Å². The first-order chi connectivity index (χ1) is 14.6. The van der Waals surface area contributed by atoms with Gasteiger partial charge in [-0.3, -0.25) is 9.69 Å². The summed E-state index contributed by atoms with van der Waals surface area (Å²) in [7, 11) is 0.